The molecule has 0 aromatic heterocycles. The van der Waals surface area contributed by atoms with Gasteiger partial charge in [-0.3, -0.25) is 4.79 Å². The van der Waals surface area contributed by atoms with Gasteiger partial charge in [-0.05, 0) is 12.3 Å². The number of Topliss-reactive ketones (excluding diaryl/α,β-unsaturated/α-hetero) is 1. The van der Waals surface area contributed by atoms with E-state index in [2.05, 4.69) is 4.74 Å². The normalized spacial score (nSPS) is 12.4. The van der Waals surface area contributed by atoms with Crippen LogP contribution in [-0.2, 0) is 14.3 Å². The number of esters is 1. The first kappa shape index (κ1) is 14.0. The third-order valence-electron chi connectivity index (χ3n) is 1.57. The lowest BCUT2D eigenvalue weighted by molar-refractivity contribution is -0.177. The van der Waals surface area contributed by atoms with Gasteiger partial charge in [0, 0.05) is 6.42 Å². The first-order valence-corrected chi connectivity index (χ1v) is 4.69. The Morgan fingerprint density at radius 1 is 1.20 bits per heavy atom. The van der Waals surface area contributed by atoms with Crippen molar-refractivity contribution in [2.45, 2.75) is 40.0 Å². The highest BCUT2D eigenvalue weighted by Gasteiger charge is 2.49. The predicted molar refractivity (Wildman–Crippen MR) is 50.7 cm³/mol. The average molecular weight is 222 g/mol. The van der Waals surface area contributed by atoms with Crippen LogP contribution < -0.4 is 0 Å². The summed E-state index contributed by atoms with van der Waals surface area (Å²) in [6, 6.07) is 0. The minimum Gasteiger partial charge on any atom is -0.461 e. The Hall–Kier alpha value is -1.00. The van der Waals surface area contributed by atoms with Crippen LogP contribution in [0.15, 0.2) is 0 Å². The lowest BCUT2D eigenvalue weighted by Gasteiger charge is -2.20. The van der Waals surface area contributed by atoms with Crippen LogP contribution in [0.3, 0.4) is 0 Å². The topological polar surface area (TPSA) is 43.4 Å². The Kier molecular flexibility index (Phi) is 4.37. The van der Waals surface area contributed by atoms with Crippen LogP contribution in [0.25, 0.3) is 0 Å². The minimum absolute atomic E-state index is 0.169. The maximum atomic E-state index is 13.1. The van der Waals surface area contributed by atoms with Gasteiger partial charge in [0.25, 0.3) is 0 Å². The van der Waals surface area contributed by atoms with E-state index in [1.165, 1.54) is 6.92 Å². The van der Waals surface area contributed by atoms with Gasteiger partial charge in [-0.15, -0.1) is 0 Å². The Morgan fingerprint density at radius 2 is 1.67 bits per heavy atom. The molecule has 0 aromatic carbocycles. The SMILES string of the molecule is CCOC(=O)C(F)(F)C(=O)CC(C)(C)C. The summed E-state index contributed by atoms with van der Waals surface area (Å²) >= 11 is 0. The summed E-state index contributed by atoms with van der Waals surface area (Å²) in [4.78, 5) is 21.9. The standard InChI is InChI=1S/C10H16F2O3/c1-5-15-8(14)10(11,12)7(13)6-9(2,3)4/h5-6H2,1-4H3. The van der Waals surface area contributed by atoms with E-state index >= 15 is 0 Å². The fourth-order valence-corrected chi connectivity index (χ4v) is 0.928. The highest BCUT2D eigenvalue weighted by atomic mass is 19.3. The van der Waals surface area contributed by atoms with E-state index in [9.17, 15) is 18.4 Å². The second-order valence-corrected chi connectivity index (χ2v) is 4.46. The second-order valence-electron chi connectivity index (χ2n) is 4.46. The molecule has 0 saturated heterocycles. The number of alkyl halides is 2. The van der Waals surface area contributed by atoms with Crippen molar-refractivity contribution in [1.29, 1.82) is 0 Å². The zero-order valence-corrected chi connectivity index (χ0v) is 9.39. The quantitative estimate of drug-likeness (QED) is 0.541. The molecule has 0 heterocycles. The Balaban J connectivity index is 4.59. The molecule has 0 aliphatic rings. The van der Waals surface area contributed by atoms with Crippen LogP contribution in [0.5, 0.6) is 0 Å². The highest BCUT2D eigenvalue weighted by molar-refractivity contribution is 6.05. The monoisotopic (exact) mass is 222 g/mol. The summed E-state index contributed by atoms with van der Waals surface area (Å²) in [5.74, 6) is -7.18. The molecule has 3 nitrogen and oxygen atoms in total. The number of hydrogen-bond acceptors (Lipinski definition) is 3. The molecule has 0 atom stereocenters. The number of rotatable bonds is 4. The van der Waals surface area contributed by atoms with Gasteiger partial charge in [-0.2, -0.15) is 8.78 Å². The van der Waals surface area contributed by atoms with Crippen LogP contribution in [0, 0.1) is 5.41 Å². The molecule has 0 bridgehead atoms. The molecule has 5 heteroatoms. The molecule has 0 saturated carbocycles. The third-order valence-corrected chi connectivity index (χ3v) is 1.57. The minimum atomic E-state index is -4.02. The molecule has 0 fully saturated rings. The number of hydrogen-bond donors (Lipinski definition) is 0. The molecule has 0 rings (SSSR count). The van der Waals surface area contributed by atoms with Gasteiger partial charge in [0.05, 0.1) is 6.61 Å². The van der Waals surface area contributed by atoms with Crippen molar-refractivity contribution >= 4 is 11.8 Å². The van der Waals surface area contributed by atoms with E-state index in [4.69, 9.17) is 0 Å². The van der Waals surface area contributed by atoms with Crippen molar-refractivity contribution in [1.82, 2.24) is 0 Å². The summed E-state index contributed by atoms with van der Waals surface area (Å²) in [5.41, 5.74) is -0.576. The Morgan fingerprint density at radius 3 is 2.00 bits per heavy atom. The van der Waals surface area contributed by atoms with E-state index in [-0.39, 0.29) is 13.0 Å². The van der Waals surface area contributed by atoms with Crippen LogP contribution in [0.2, 0.25) is 0 Å². The molecule has 0 radical (unpaired) electrons. The van der Waals surface area contributed by atoms with Crippen molar-refractivity contribution in [2.24, 2.45) is 5.41 Å². The van der Waals surface area contributed by atoms with Crippen LogP contribution in [-0.4, -0.2) is 24.3 Å². The maximum Gasteiger partial charge on any atom is 0.399 e. The second kappa shape index (κ2) is 4.68. The molecule has 0 aromatic rings. The predicted octanol–water partition coefficient (Wildman–Crippen LogP) is 2.19. The number of carbonyl (C=O) groups excluding carboxylic acids is 2. The zero-order valence-electron chi connectivity index (χ0n) is 9.39. The molecule has 15 heavy (non-hydrogen) atoms. The summed E-state index contributed by atoms with van der Waals surface area (Å²) in [6.07, 6.45) is -0.362. The van der Waals surface area contributed by atoms with Crippen molar-refractivity contribution in [3.8, 4) is 0 Å². The van der Waals surface area contributed by atoms with Gasteiger partial charge >= 0.3 is 11.9 Å². The van der Waals surface area contributed by atoms with Crippen LogP contribution in [0.1, 0.15) is 34.1 Å². The third kappa shape index (κ3) is 4.36. The number of ketones is 1. The van der Waals surface area contributed by atoms with E-state index < -0.39 is 23.1 Å². The van der Waals surface area contributed by atoms with Crippen molar-refractivity contribution in [3.05, 3.63) is 0 Å². The van der Waals surface area contributed by atoms with Crippen molar-refractivity contribution in [3.63, 3.8) is 0 Å². The molecular formula is C10H16F2O3. The smallest absolute Gasteiger partial charge is 0.399 e. The van der Waals surface area contributed by atoms with Gasteiger partial charge in [0.2, 0.25) is 5.78 Å². The summed E-state index contributed by atoms with van der Waals surface area (Å²) in [5, 5.41) is 0. The fourth-order valence-electron chi connectivity index (χ4n) is 0.928. The Bertz CT molecular complexity index is 254. The van der Waals surface area contributed by atoms with Crippen LogP contribution >= 0.6 is 0 Å². The van der Waals surface area contributed by atoms with E-state index in [1.807, 2.05) is 0 Å². The average Bonchev–Trinajstić information content (AvgIpc) is 2.01. The zero-order chi connectivity index (χ0) is 12.3. The first-order chi connectivity index (χ1) is 6.61. The molecule has 0 N–H and O–H groups in total. The Labute approximate surface area is 87.8 Å². The van der Waals surface area contributed by atoms with Crippen molar-refractivity contribution in [2.75, 3.05) is 6.61 Å². The fraction of sp³-hybridized carbons (Fsp3) is 0.800. The molecule has 0 unspecified atom stereocenters. The van der Waals surface area contributed by atoms with E-state index in [0.29, 0.717) is 0 Å². The summed E-state index contributed by atoms with van der Waals surface area (Å²) in [6.45, 7) is 6.17. The van der Waals surface area contributed by atoms with Gasteiger partial charge in [0.1, 0.15) is 0 Å². The summed E-state index contributed by atoms with van der Waals surface area (Å²) < 4.78 is 30.3. The number of halogens is 2. The first-order valence-electron chi connectivity index (χ1n) is 4.69. The van der Waals surface area contributed by atoms with Gasteiger partial charge in [-0.25, -0.2) is 4.79 Å². The maximum absolute atomic E-state index is 13.1. The lowest BCUT2D eigenvalue weighted by atomic mass is 9.88. The van der Waals surface area contributed by atoms with E-state index in [0.717, 1.165) is 0 Å². The van der Waals surface area contributed by atoms with Gasteiger partial charge in [-0.1, -0.05) is 20.8 Å². The molecular weight excluding hydrogens is 206 g/mol. The van der Waals surface area contributed by atoms with Crippen molar-refractivity contribution < 1.29 is 23.1 Å². The number of ether oxygens (including phenoxy) is 1. The molecule has 0 amide bonds. The molecule has 0 aliphatic heterocycles. The number of carbonyl (C=O) groups is 2. The van der Waals surface area contributed by atoms with Crippen LogP contribution in [0.4, 0.5) is 8.78 Å². The highest BCUT2D eigenvalue weighted by Crippen LogP contribution is 2.26. The molecule has 0 spiro atoms. The lowest BCUT2D eigenvalue weighted by Crippen LogP contribution is -2.41. The molecule has 0 aliphatic carbocycles. The molecule has 88 valence electrons. The van der Waals surface area contributed by atoms with Gasteiger partial charge < -0.3 is 4.74 Å². The van der Waals surface area contributed by atoms with E-state index in [1.54, 1.807) is 20.8 Å². The summed E-state index contributed by atoms with van der Waals surface area (Å²) in [7, 11) is 0. The largest absolute Gasteiger partial charge is 0.461 e. The van der Waals surface area contributed by atoms with Gasteiger partial charge in [0.15, 0.2) is 0 Å².